The van der Waals surface area contributed by atoms with Gasteiger partial charge in [0.1, 0.15) is 5.57 Å². The highest BCUT2D eigenvalue weighted by Gasteiger charge is 2.33. The number of fused-ring (bicyclic) bond motifs is 2. The molecule has 0 radical (unpaired) electrons. The molecule has 206 valence electrons. The van der Waals surface area contributed by atoms with E-state index in [1.807, 2.05) is 13.0 Å². The van der Waals surface area contributed by atoms with Crippen molar-refractivity contribution in [3.05, 3.63) is 69.8 Å². The number of carbonyl (C=O) groups excluding carboxylic acids is 1. The predicted molar refractivity (Wildman–Crippen MR) is 145 cm³/mol. The SMILES string of the molecule is Cc1cc(CN2CCN(c3nc4ccc(C(F)(F)F)cc4s3)[C@H](CC(C)C)C2)cc2c1CC=C(C(=O)O)C2=O. The van der Waals surface area contributed by atoms with E-state index in [2.05, 4.69) is 34.7 Å². The monoisotopic (exact) mass is 557 g/mol. The van der Waals surface area contributed by atoms with Crippen molar-refractivity contribution >= 4 is 38.4 Å². The zero-order chi connectivity index (χ0) is 28.1. The first-order chi connectivity index (χ1) is 18.4. The zero-order valence-corrected chi connectivity index (χ0v) is 22.8. The van der Waals surface area contributed by atoms with Gasteiger partial charge in [-0.2, -0.15) is 13.2 Å². The molecule has 0 amide bonds. The number of halogens is 3. The van der Waals surface area contributed by atoms with Crippen LogP contribution in [0.15, 0.2) is 42.0 Å². The van der Waals surface area contributed by atoms with Gasteiger partial charge in [0.15, 0.2) is 10.9 Å². The summed E-state index contributed by atoms with van der Waals surface area (Å²) in [5.74, 6) is -1.24. The van der Waals surface area contributed by atoms with E-state index in [1.165, 1.54) is 29.5 Å². The minimum Gasteiger partial charge on any atom is -0.478 e. The van der Waals surface area contributed by atoms with Crippen molar-refractivity contribution in [2.24, 2.45) is 5.92 Å². The number of hydrogen-bond acceptors (Lipinski definition) is 6. The number of piperazine rings is 1. The van der Waals surface area contributed by atoms with Crippen molar-refractivity contribution in [3.63, 3.8) is 0 Å². The summed E-state index contributed by atoms with van der Waals surface area (Å²) in [5, 5.41) is 10.1. The van der Waals surface area contributed by atoms with Gasteiger partial charge in [0.2, 0.25) is 0 Å². The Morgan fingerprint density at radius 1 is 1.21 bits per heavy atom. The van der Waals surface area contributed by atoms with Gasteiger partial charge in [0.25, 0.3) is 0 Å². The number of thiazole rings is 1. The highest BCUT2D eigenvalue weighted by molar-refractivity contribution is 7.22. The molecule has 0 spiro atoms. The van der Waals surface area contributed by atoms with Gasteiger partial charge in [-0.05, 0) is 66.6 Å². The number of Topliss-reactive ketones (excluding diaryl/α,β-unsaturated/α-hetero) is 1. The molecule has 3 aromatic rings. The van der Waals surface area contributed by atoms with Crippen molar-refractivity contribution < 1.29 is 27.9 Å². The van der Waals surface area contributed by atoms with Crippen LogP contribution in [-0.2, 0) is 23.9 Å². The number of aliphatic carboxylic acids is 1. The highest BCUT2D eigenvalue weighted by atomic mass is 32.1. The topological polar surface area (TPSA) is 73.7 Å². The molecule has 1 fully saturated rings. The first-order valence-electron chi connectivity index (χ1n) is 13.0. The molecule has 0 unspecified atom stereocenters. The average Bonchev–Trinajstić information content (AvgIpc) is 3.27. The van der Waals surface area contributed by atoms with Crippen molar-refractivity contribution in [1.29, 1.82) is 0 Å². The van der Waals surface area contributed by atoms with E-state index >= 15 is 0 Å². The van der Waals surface area contributed by atoms with Gasteiger partial charge in [0.05, 0.1) is 15.8 Å². The predicted octanol–water partition coefficient (Wildman–Crippen LogP) is 6.11. The number of nitrogens with zero attached hydrogens (tertiary/aromatic N) is 3. The quantitative estimate of drug-likeness (QED) is 0.369. The average molecular weight is 558 g/mol. The van der Waals surface area contributed by atoms with Crippen LogP contribution in [0.2, 0.25) is 0 Å². The van der Waals surface area contributed by atoms with Crippen LogP contribution in [0.5, 0.6) is 0 Å². The van der Waals surface area contributed by atoms with Crippen LogP contribution in [-0.4, -0.2) is 52.4 Å². The van der Waals surface area contributed by atoms with Crippen LogP contribution in [0, 0.1) is 12.8 Å². The van der Waals surface area contributed by atoms with E-state index in [0.29, 0.717) is 41.2 Å². The van der Waals surface area contributed by atoms with Crippen LogP contribution in [0.3, 0.4) is 0 Å². The van der Waals surface area contributed by atoms with Crippen molar-refractivity contribution in [3.8, 4) is 0 Å². The number of carboxylic acids is 1. The molecule has 1 atom stereocenters. The van der Waals surface area contributed by atoms with E-state index in [1.54, 1.807) is 0 Å². The zero-order valence-electron chi connectivity index (χ0n) is 22.0. The Labute approximate surface area is 228 Å². The van der Waals surface area contributed by atoms with Gasteiger partial charge in [-0.15, -0.1) is 0 Å². The number of alkyl halides is 3. The van der Waals surface area contributed by atoms with Crippen molar-refractivity contribution in [1.82, 2.24) is 9.88 Å². The van der Waals surface area contributed by atoms with Crippen LogP contribution in [0.4, 0.5) is 18.3 Å². The minimum atomic E-state index is -4.39. The summed E-state index contributed by atoms with van der Waals surface area (Å²) in [6.45, 7) is 9.01. The summed E-state index contributed by atoms with van der Waals surface area (Å²) in [7, 11) is 0. The molecule has 39 heavy (non-hydrogen) atoms. The van der Waals surface area contributed by atoms with Gasteiger partial charge in [-0.1, -0.05) is 37.3 Å². The Morgan fingerprint density at radius 2 is 1.97 bits per heavy atom. The number of allylic oxidation sites excluding steroid dienone is 1. The van der Waals surface area contributed by atoms with Gasteiger partial charge in [-0.25, -0.2) is 9.78 Å². The maximum atomic E-state index is 13.2. The third-order valence-electron chi connectivity index (χ3n) is 7.43. The summed E-state index contributed by atoms with van der Waals surface area (Å²) in [6, 6.07) is 7.72. The molecule has 2 aliphatic rings. The van der Waals surface area contributed by atoms with Crippen molar-refractivity contribution in [2.75, 3.05) is 24.5 Å². The molecule has 2 heterocycles. The molecule has 1 N–H and O–H groups in total. The third kappa shape index (κ3) is 5.58. The largest absolute Gasteiger partial charge is 0.478 e. The normalized spacial score (nSPS) is 18.5. The Bertz CT molecular complexity index is 1480. The number of benzene rings is 2. The number of ketones is 1. The maximum absolute atomic E-state index is 13.2. The molecule has 0 bridgehead atoms. The molecule has 1 saturated heterocycles. The molecule has 5 rings (SSSR count). The van der Waals surface area contributed by atoms with E-state index in [4.69, 9.17) is 0 Å². The standard InChI is InChI=1S/C29H30F3N3O3S/c1-16(2)10-20-15-34(14-18-11-17(3)21-5-6-22(27(37)38)26(36)23(21)12-18)8-9-35(20)28-33-24-7-4-19(29(30,31)32)13-25(24)39-28/h4,6-7,11-13,16,20H,5,8-10,14-15H2,1-3H3,(H,37,38)/t20-/m1/s1. The van der Waals surface area contributed by atoms with Crippen LogP contribution >= 0.6 is 11.3 Å². The lowest BCUT2D eigenvalue weighted by Crippen LogP contribution is -2.53. The molecule has 0 saturated carbocycles. The Hall–Kier alpha value is -3.24. The van der Waals surface area contributed by atoms with Gasteiger partial charge in [0, 0.05) is 37.8 Å². The second-order valence-corrected chi connectivity index (χ2v) is 11.8. The fourth-order valence-electron chi connectivity index (χ4n) is 5.61. The first kappa shape index (κ1) is 27.3. The second-order valence-electron chi connectivity index (χ2n) is 10.8. The summed E-state index contributed by atoms with van der Waals surface area (Å²) in [4.78, 5) is 33.6. The van der Waals surface area contributed by atoms with Crippen LogP contribution < -0.4 is 4.90 Å². The highest BCUT2D eigenvalue weighted by Crippen LogP contribution is 2.37. The molecule has 2 aromatic carbocycles. The van der Waals surface area contributed by atoms with Gasteiger partial charge >= 0.3 is 12.1 Å². The first-order valence-corrected chi connectivity index (χ1v) is 13.8. The van der Waals surface area contributed by atoms with E-state index in [-0.39, 0.29) is 11.6 Å². The Morgan fingerprint density at radius 3 is 2.67 bits per heavy atom. The number of anilines is 1. The second kappa shape index (κ2) is 10.4. The maximum Gasteiger partial charge on any atom is 0.416 e. The summed E-state index contributed by atoms with van der Waals surface area (Å²) >= 11 is 1.30. The van der Waals surface area contributed by atoms with E-state index in [0.717, 1.165) is 47.4 Å². The van der Waals surface area contributed by atoms with Crippen LogP contribution in [0.1, 0.15) is 52.9 Å². The van der Waals surface area contributed by atoms with E-state index < -0.39 is 23.5 Å². The molecule has 10 heteroatoms. The lowest BCUT2D eigenvalue weighted by molar-refractivity contribution is -0.137. The smallest absolute Gasteiger partial charge is 0.416 e. The Balaban J connectivity index is 1.37. The lowest BCUT2D eigenvalue weighted by Gasteiger charge is -2.42. The number of hydrogen-bond donors (Lipinski definition) is 1. The number of carbonyl (C=O) groups is 2. The molecule has 6 nitrogen and oxygen atoms in total. The molecular weight excluding hydrogens is 527 g/mol. The Kier molecular flexibility index (Phi) is 7.28. The number of rotatable bonds is 6. The molecule has 1 aliphatic carbocycles. The lowest BCUT2D eigenvalue weighted by atomic mass is 9.86. The number of aryl methyl sites for hydroxylation is 1. The summed E-state index contributed by atoms with van der Waals surface area (Å²) < 4.78 is 40.2. The molecular formula is C29H30F3N3O3S. The van der Waals surface area contributed by atoms with Gasteiger partial charge < -0.3 is 10.0 Å². The van der Waals surface area contributed by atoms with Gasteiger partial charge in [-0.3, -0.25) is 9.69 Å². The third-order valence-corrected chi connectivity index (χ3v) is 8.48. The minimum absolute atomic E-state index is 0.128. The molecule has 1 aliphatic heterocycles. The fraction of sp³-hybridized carbons (Fsp3) is 0.414. The van der Waals surface area contributed by atoms with E-state index in [9.17, 15) is 27.9 Å². The molecule has 1 aromatic heterocycles. The number of carboxylic acid groups (broad SMARTS) is 1. The van der Waals surface area contributed by atoms with Crippen molar-refractivity contribution in [2.45, 2.75) is 52.4 Å². The summed E-state index contributed by atoms with van der Waals surface area (Å²) in [5.41, 5.74) is 3.00. The summed E-state index contributed by atoms with van der Waals surface area (Å²) in [6.07, 6.45) is -1.58. The fourth-order valence-corrected chi connectivity index (χ4v) is 6.72. The van der Waals surface area contributed by atoms with Crippen LogP contribution in [0.25, 0.3) is 10.2 Å². The number of aromatic nitrogens is 1.